The third kappa shape index (κ3) is 6.10. The van der Waals surface area contributed by atoms with Gasteiger partial charge in [0.25, 0.3) is 0 Å². The second-order valence-electron chi connectivity index (χ2n) is 5.03. The molecule has 0 heterocycles. The molecule has 2 N–H and O–H groups in total. The maximum Gasteiger partial charge on any atom is 0.303 e. The summed E-state index contributed by atoms with van der Waals surface area (Å²) in [6, 6.07) is 7.34. The van der Waals surface area contributed by atoms with Crippen LogP contribution in [0.4, 0.5) is 5.69 Å². The number of benzene rings is 1. The molecule has 0 aromatic heterocycles. The van der Waals surface area contributed by atoms with Crippen molar-refractivity contribution in [2.24, 2.45) is 0 Å². The molecule has 0 aliphatic heterocycles. The smallest absolute Gasteiger partial charge is 0.303 e. The monoisotopic (exact) mass is 295 g/mol. The molecule has 0 aliphatic rings. The van der Waals surface area contributed by atoms with Crippen molar-refractivity contribution < 1.29 is 14.7 Å². The minimum Gasteiger partial charge on any atom is -0.481 e. The van der Waals surface area contributed by atoms with Gasteiger partial charge in [-0.05, 0) is 28.9 Å². The van der Waals surface area contributed by atoms with E-state index in [1.807, 2.05) is 31.2 Å². The molecular weight excluding hydrogens is 274 g/mol. The molecule has 0 fully saturated rings. The van der Waals surface area contributed by atoms with Crippen molar-refractivity contribution in [1.29, 1.82) is 0 Å². The first-order chi connectivity index (χ1) is 9.38. The van der Waals surface area contributed by atoms with E-state index in [2.05, 4.69) is 19.2 Å². The molecular formula is C15H21NO3S. The molecule has 0 aliphatic carbocycles. The van der Waals surface area contributed by atoms with Crippen LogP contribution in [0, 0.1) is 0 Å². The molecule has 110 valence electrons. The van der Waals surface area contributed by atoms with Crippen molar-refractivity contribution in [3.8, 4) is 0 Å². The lowest BCUT2D eigenvalue weighted by Gasteiger charge is -2.11. The Morgan fingerprint density at radius 1 is 1.20 bits per heavy atom. The maximum absolute atomic E-state index is 11.7. The fourth-order valence-electron chi connectivity index (χ4n) is 1.71. The largest absolute Gasteiger partial charge is 0.481 e. The highest BCUT2D eigenvalue weighted by molar-refractivity contribution is 8.00. The van der Waals surface area contributed by atoms with Gasteiger partial charge in [0.1, 0.15) is 0 Å². The Hall–Kier alpha value is -1.49. The number of carbonyl (C=O) groups is 2. The normalized spacial score (nSPS) is 12.2. The van der Waals surface area contributed by atoms with E-state index < -0.39 is 5.97 Å². The van der Waals surface area contributed by atoms with Gasteiger partial charge in [-0.3, -0.25) is 9.59 Å². The van der Waals surface area contributed by atoms with E-state index in [-0.39, 0.29) is 18.2 Å². The number of hydrogen-bond donors (Lipinski definition) is 2. The van der Waals surface area contributed by atoms with Gasteiger partial charge in [-0.2, -0.15) is 0 Å². The molecule has 5 heteroatoms. The second-order valence-corrected chi connectivity index (χ2v) is 6.59. The molecule has 1 rings (SSSR count). The highest BCUT2D eigenvalue weighted by Crippen LogP contribution is 2.21. The zero-order valence-electron chi connectivity index (χ0n) is 12.1. The van der Waals surface area contributed by atoms with E-state index in [4.69, 9.17) is 5.11 Å². The number of anilines is 1. The number of thioether (sulfide) groups is 1. The van der Waals surface area contributed by atoms with E-state index in [1.54, 1.807) is 11.8 Å². The van der Waals surface area contributed by atoms with Gasteiger partial charge in [-0.25, -0.2) is 0 Å². The number of hydrogen-bond acceptors (Lipinski definition) is 3. The van der Waals surface area contributed by atoms with Gasteiger partial charge < -0.3 is 10.4 Å². The van der Waals surface area contributed by atoms with Crippen molar-refractivity contribution in [1.82, 2.24) is 0 Å². The van der Waals surface area contributed by atoms with Gasteiger partial charge in [0.2, 0.25) is 5.91 Å². The molecule has 1 amide bonds. The predicted molar refractivity (Wildman–Crippen MR) is 83.3 cm³/mol. The molecule has 1 unspecified atom stereocenters. The van der Waals surface area contributed by atoms with Crippen LogP contribution in [0.2, 0.25) is 0 Å². The van der Waals surface area contributed by atoms with Crippen molar-refractivity contribution in [2.75, 3.05) is 11.1 Å². The standard InChI is InChI=1S/C15H21NO3S/c1-10(2)20-9-14(17)16-13-6-4-12(5-7-13)11(3)8-15(18)19/h4-7,10-11H,8-9H2,1-3H3,(H,16,17)(H,18,19). The number of nitrogens with one attached hydrogen (secondary N) is 1. The summed E-state index contributed by atoms with van der Waals surface area (Å²) in [4.78, 5) is 22.3. The Kier molecular flexibility index (Phi) is 6.58. The van der Waals surface area contributed by atoms with Crippen LogP contribution in [-0.4, -0.2) is 28.0 Å². The lowest BCUT2D eigenvalue weighted by molar-refractivity contribution is -0.137. The molecule has 0 spiro atoms. The maximum atomic E-state index is 11.7. The third-order valence-corrected chi connectivity index (χ3v) is 3.89. The highest BCUT2D eigenvalue weighted by Gasteiger charge is 2.10. The summed E-state index contributed by atoms with van der Waals surface area (Å²) in [7, 11) is 0. The topological polar surface area (TPSA) is 66.4 Å². The van der Waals surface area contributed by atoms with Crippen LogP contribution >= 0.6 is 11.8 Å². The summed E-state index contributed by atoms with van der Waals surface area (Å²) >= 11 is 1.60. The van der Waals surface area contributed by atoms with Crippen LogP contribution in [0.1, 0.15) is 38.7 Å². The molecule has 1 atom stereocenters. The number of amides is 1. The lowest BCUT2D eigenvalue weighted by Crippen LogP contribution is -2.15. The number of rotatable bonds is 7. The first-order valence-electron chi connectivity index (χ1n) is 6.61. The molecule has 4 nitrogen and oxygen atoms in total. The fraction of sp³-hybridized carbons (Fsp3) is 0.467. The Bertz CT molecular complexity index is 457. The SMILES string of the molecule is CC(C)SCC(=O)Nc1ccc(C(C)CC(=O)O)cc1. The van der Waals surface area contributed by atoms with Crippen molar-refractivity contribution in [3.63, 3.8) is 0 Å². The molecule has 0 bridgehead atoms. The zero-order chi connectivity index (χ0) is 15.1. The first kappa shape index (κ1) is 16.6. The van der Waals surface area contributed by atoms with Crippen LogP contribution < -0.4 is 5.32 Å². The Labute approximate surface area is 124 Å². The summed E-state index contributed by atoms with van der Waals surface area (Å²) in [5, 5.41) is 12.0. The van der Waals surface area contributed by atoms with E-state index >= 15 is 0 Å². The average molecular weight is 295 g/mol. The summed E-state index contributed by atoms with van der Waals surface area (Å²) in [5.41, 5.74) is 1.70. The van der Waals surface area contributed by atoms with E-state index in [0.717, 1.165) is 11.3 Å². The van der Waals surface area contributed by atoms with Crippen LogP contribution in [0.3, 0.4) is 0 Å². The lowest BCUT2D eigenvalue weighted by atomic mass is 9.98. The zero-order valence-corrected chi connectivity index (χ0v) is 12.9. The van der Waals surface area contributed by atoms with Gasteiger partial charge in [0.05, 0.1) is 12.2 Å². The number of carbonyl (C=O) groups excluding carboxylic acids is 1. The number of carboxylic acid groups (broad SMARTS) is 1. The molecule has 0 saturated heterocycles. The molecule has 1 aromatic rings. The predicted octanol–water partition coefficient (Wildman–Crippen LogP) is 3.34. The van der Waals surface area contributed by atoms with Gasteiger partial charge in [-0.15, -0.1) is 11.8 Å². The molecule has 1 aromatic carbocycles. The van der Waals surface area contributed by atoms with Crippen molar-refractivity contribution >= 4 is 29.3 Å². The van der Waals surface area contributed by atoms with Crippen LogP contribution in [0.15, 0.2) is 24.3 Å². The van der Waals surface area contributed by atoms with Gasteiger partial charge in [-0.1, -0.05) is 32.9 Å². The molecule has 20 heavy (non-hydrogen) atoms. The summed E-state index contributed by atoms with van der Waals surface area (Å²) < 4.78 is 0. The minimum absolute atomic E-state index is 0.0185. The Morgan fingerprint density at radius 2 is 1.80 bits per heavy atom. The highest BCUT2D eigenvalue weighted by atomic mass is 32.2. The van der Waals surface area contributed by atoms with Gasteiger partial charge in [0, 0.05) is 5.69 Å². The Balaban J connectivity index is 2.54. The van der Waals surface area contributed by atoms with Gasteiger partial charge in [0.15, 0.2) is 0 Å². The van der Waals surface area contributed by atoms with E-state index in [0.29, 0.717) is 11.0 Å². The number of carboxylic acids is 1. The average Bonchev–Trinajstić information content (AvgIpc) is 2.36. The fourth-order valence-corrected chi connectivity index (χ4v) is 2.27. The third-order valence-electron chi connectivity index (χ3n) is 2.79. The molecule has 0 saturated carbocycles. The Morgan fingerprint density at radius 3 is 2.30 bits per heavy atom. The van der Waals surface area contributed by atoms with Crippen LogP contribution in [0.25, 0.3) is 0 Å². The van der Waals surface area contributed by atoms with Crippen molar-refractivity contribution in [2.45, 2.75) is 38.4 Å². The summed E-state index contributed by atoms with van der Waals surface area (Å²) in [6.45, 7) is 5.98. The summed E-state index contributed by atoms with van der Waals surface area (Å²) in [6.07, 6.45) is 0.108. The quantitative estimate of drug-likeness (QED) is 0.809. The first-order valence-corrected chi connectivity index (χ1v) is 7.66. The van der Waals surface area contributed by atoms with Gasteiger partial charge >= 0.3 is 5.97 Å². The second kappa shape index (κ2) is 7.94. The van der Waals surface area contributed by atoms with Crippen LogP contribution in [-0.2, 0) is 9.59 Å². The van der Waals surface area contributed by atoms with Crippen LogP contribution in [0.5, 0.6) is 0 Å². The minimum atomic E-state index is -0.805. The van der Waals surface area contributed by atoms with Crippen molar-refractivity contribution in [3.05, 3.63) is 29.8 Å². The molecule has 0 radical (unpaired) electrons. The van der Waals surface area contributed by atoms with E-state index in [1.165, 1.54) is 0 Å². The number of aliphatic carboxylic acids is 1. The van der Waals surface area contributed by atoms with E-state index in [9.17, 15) is 9.59 Å². The summed E-state index contributed by atoms with van der Waals surface area (Å²) in [5.74, 6) is -0.418.